The first-order chi connectivity index (χ1) is 20.6. The van der Waals surface area contributed by atoms with Crippen LogP contribution in [0.4, 0.5) is 38.0 Å². The number of halogens is 5. The zero-order valence-electron chi connectivity index (χ0n) is 23.8. The summed E-state index contributed by atoms with van der Waals surface area (Å²) in [5.74, 6) is 0.810. The molecule has 0 atom stereocenters. The number of rotatable bonds is 10. The van der Waals surface area contributed by atoms with E-state index in [0.29, 0.717) is 29.2 Å². The Morgan fingerprint density at radius 1 is 0.682 bits per heavy atom. The first kappa shape index (κ1) is 38.0. The number of hydrogen-bond donors (Lipinski definition) is 4. The molecule has 44 heavy (non-hydrogen) atoms. The number of benzene rings is 2. The molecule has 0 amide bonds. The number of anilines is 5. The molecule has 0 saturated carbocycles. The topological polar surface area (TPSA) is 158 Å². The Labute approximate surface area is 270 Å². The Morgan fingerprint density at radius 2 is 1.11 bits per heavy atom. The van der Waals surface area contributed by atoms with Gasteiger partial charge in [0.05, 0.1) is 14.2 Å². The van der Waals surface area contributed by atoms with Gasteiger partial charge in [-0.1, -0.05) is 21.3 Å². The van der Waals surface area contributed by atoms with E-state index in [1.165, 1.54) is 32.4 Å². The van der Waals surface area contributed by atoms with Crippen LogP contribution in [0.1, 0.15) is 34.1 Å². The maximum atomic E-state index is 13.8. The van der Waals surface area contributed by atoms with Gasteiger partial charge in [-0.3, -0.25) is 0 Å². The van der Waals surface area contributed by atoms with Crippen molar-refractivity contribution in [2.45, 2.75) is 34.1 Å². The molecule has 2 heterocycles. The maximum absolute atomic E-state index is 13.8. The number of aromatic nitrogens is 6. The van der Waals surface area contributed by atoms with Crippen LogP contribution in [0.15, 0.2) is 36.4 Å². The largest absolute Gasteiger partial charge is 0.494 e. The smallest absolute Gasteiger partial charge is 0.233 e. The lowest BCUT2D eigenvalue weighted by atomic mass is 10.3. The van der Waals surface area contributed by atoms with Crippen LogP contribution in [0.5, 0.6) is 11.5 Å². The van der Waals surface area contributed by atoms with Gasteiger partial charge in [-0.2, -0.15) is 29.9 Å². The molecule has 0 aliphatic carbocycles. The summed E-state index contributed by atoms with van der Waals surface area (Å²) in [6, 6.07) is 8.88. The van der Waals surface area contributed by atoms with E-state index in [0.717, 1.165) is 25.9 Å². The highest BCUT2D eigenvalue weighted by Gasteiger charge is 2.09. The molecule has 240 valence electrons. The summed E-state index contributed by atoms with van der Waals surface area (Å²) in [7, 11) is 2.84. The highest BCUT2D eigenvalue weighted by Crippen LogP contribution is 2.23. The van der Waals surface area contributed by atoms with E-state index >= 15 is 0 Å². The van der Waals surface area contributed by atoms with Crippen molar-refractivity contribution in [1.82, 2.24) is 29.9 Å². The molecule has 17 heteroatoms. The van der Waals surface area contributed by atoms with E-state index < -0.39 is 11.6 Å². The number of nitrogen functional groups attached to an aromatic ring is 1. The minimum Gasteiger partial charge on any atom is -0.494 e. The van der Waals surface area contributed by atoms with E-state index in [1.54, 1.807) is 18.2 Å². The summed E-state index contributed by atoms with van der Waals surface area (Å²) in [5.41, 5.74) is 6.22. The SMILES string of the molecule is C.CCCNc1nc(NCCC)nc(Nc2ccc(OC)c(F)c2)n1.COc1ccc(N)cc1F.Clc1nc(Cl)nc(Cl)n1. The third kappa shape index (κ3) is 13.5. The Morgan fingerprint density at radius 3 is 1.52 bits per heavy atom. The molecule has 2 aromatic carbocycles. The number of nitrogens with two attached hydrogens (primary N) is 1. The normalized spacial score (nSPS) is 9.75. The van der Waals surface area contributed by atoms with Gasteiger partial charge < -0.3 is 31.2 Å². The second-order valence-electron chi connectivity index (χ2n) is 8.17. The number of nitrogens with one attached hydrogen (secondary N) is 3. The molecule has 2 aromatic heterocycles. The van der Waals surface area contributed by atoms with Gasteiger partial charge in [0.1, 0.15) is 0 Å². The maximum Gasteiger partial charge on any atom is 0.233 e. The van der Waals surface area contributed by atoms with Gasteiger partial charge in [-0.05, 0) is 71.9 Å². The summed E-state index contributed by atoms with van der Waals surface area (Å²) in [4.78, 5) is 23.3. The van der Waals surface area contributed by atoms with Crippen molar-refractivity contribution < 1.29 is 18.3 Å². The van der Waals surface area contributed by atoms with Crippen molar-refractivity contribution in [3.63, 3.8) is 0 Å². The van der Waals surface area contributed by atoms with Crippen molar-refractivity contribution in [3.05, 3.63) is 63.9 Å². The second-order valence-corrected chi connectivity index (χ2v) is 9.18. The van der Waals surface area contributed by atoms with Crippen LogP contribution in [0.25, 0.3) is 0 Å². The first-order valence-corrected chi connectivity index (χ1v) is 13.9. The lowest BCUT2D eigenvalue weighted by molar-refractivity contribution is 0.386. The molecule has 0 aliphatic rings. The fraction of sp³-hybridized carbons (Fsp3) is 0.333. The molecule has 5 N–H and O–H groups in total. The Bertz CT molecular complexity index is 1380. The third-order valence-corrected chi connectivity index (χ3v) is 5.35. The van der Waals surface area contributed by atoms with E-state index in [1.807, 2.05) is 0 Å². The van der Waals surface area contributed by atoms with Crippen molar-refractivity contribution in [2.75, 3.05) is 49.0 Å². The van der Waals surface area contributed by atoms with Crippen molar-refractivity contribution in [2.24, 2.45) is 0 Å². The van der Waals surface area contributed by atoms with Gasteiger partial charge in [-0.25, -0.2) is 8.78 Å². The monoisotopic (exact) mass is 674 g/mol. The van der Waals surface area contributed by atoms with Crippen LogP contribution in [0.2, 0.25) is 15.9 Å². The molecule has 0 fully saturated rings. The fourth-order valence-electron chi connectivity index (χ4n) is 2.92. The summed E-state index contributed by atoms with van der Waals surface area (Å²) >= 11 is 16.0. The van der Waals surface area contributed by atoms with Crippen LogP contribution in [-0.2, 0) is 0 Å². The molecule has 0 radical (unpaired) electrons. The predicted octanol–water partition coefficient (Wildman–Crippen LogP) is 7.29. The number of methoxy groups -OCH3 is 2. The molecule has 4 aromatic rings. The number of hydrogen-bond acceptors (Lipinski definition) is 12. The average molecular weight is 676 g/mol. The molecule has 0 aliphatic heterocycles. The second kappa shape index (κ2) is 20.0. The van der Waals surface area contributed by atoms with Gasteiger partial charge in [-0.15, -0.1) is 0 Å². The quantitative estimate of drug-likeness (QED) is 0.125. The average Bonchev–Trinajstić information content (AvgIpc) is 2.95. The van der Waals surface area contributed by atoms with E-state index in [9.17, 15) is 8.78 Å². The third-order valence-electron chi connectivity index (χ3n) is 4.84. The van der Waals surface area contributed by atoms with Crippen LogP contribution in [0.3, 0.4) is 0 Å². The zero-order valence-corrected chi connectivity index (χ0v) is 26.0. The van der Waals surface area contributed by atoms with Crippen LogP contribution >= 0.6 is 34.8 Å². The molecule has 0 saturated heterocycles. The van der Waals surface area contributed by atoms with Gasteiger partial charge in [0.15, 0.2) is 23.1 Å². The molecular weight excluding hydrogens is 641 g/mol. The van der Waals surface area contributed by atoms with E-state index in [4.69, 9.17) is 45.3 Å². The number of nitrogens with zero attached hydrogens (tertiary/aromatic N) is 6. The number of ether oxygens (including phenoxy) is 2. The summed E-state index contributed by atoms with van der Waals surface area (Å²) in [5, 5.41) is 9.25. The fourth-order valence-corrected chi connectivity index (χ4v) is 3.53. The van der Waals surface area contributed by atoms with Crippen LogP contribution in [-0.4, -0.2) is 57.2 Å². The lowest BCUT2D eigenvalue weighted by Crippen LogP contribution is -2.12. The minimum absolute atomic E-state index is 0. The van der Waals surface area contributed by atoms with Crippen molar-refractivity contribution in [3.8, 4) is 11.5 Å². The highest BCUT2D eigenvalue weighted by molar-refractivity contribution is 6.33. The van der Waals surface area contributed by atoms with Crippen molar-refractivity contribution in [1.29, 1.82) is 0 Å². The lowest BCUT2D eigenvalue weighted by Gasteiger charge is -2.11. The first-order valence-electron chi connectivity index (χ1n) is 12.7. The molecule has 0 spiro atoms. The predicted molar refractivity (Wildman–Crippen MR) is 173 cm³/mol. The highest BCUT2D eigenvalue weighted by atomic mass is 35.5. The Kier molecular flexibility index (Phi) is 17.3. The minimum atomic E-state index is -0.454. The van der Waals surface area contributed by atoms with Gasteiger partial charge in [0.2, 0.25) is 33.7 Å². The van der Waals surface area contributed by atoms with Crippen LogP contribution in [0, 0.1) is 11.6 Å². The van der Waals surface area contributed by atoms with Gasteiger partial charge >= 0.3 is 0 Å². The molecule has 0 unspecified atom stereocenters. The van der Waals surface area contributed by atoms with E-state index in [2.05, 4.69) is 64.4 Å². The van der Waals surface area contributed by atoms with Gasteiger partial charge in [0.25, 0.3) is 0 Å². The molecule has 0 bridgehead atoms. The zero-order chi connectivity index (χ0) is 31.8. The Balaban J connectivity index is 0.000000396. The van der Waals surface area contributed by atoms with Gasteiger partial charge in [0, 0.05) is 36.6 Å². The van der Waals surface area contributed by atoms with E-state index in [-0.39, 0.29) is 34.8 Å². The molecule has 12 nitrogen and oxygen atoms in total. The molecular formula is C27H35Cl3F2N10O2. The summed E-state index contributed by atoms with van der Waals surface area (Å²) in [6.45, 7) is 5.63. The van der Waals surface area contributed by atoms with Crippen molar-refractivity contribution >= 4 is 64.0 Å². The molecule has 4 rings (SSSR count). The standard InChI is InChI=1S/C16H23FN6O.C7H8FNO.C3Cl3N3.CH4/c1-4-8-18-14-21-15(19-9-5-2)23-16(22-14)20-11-6-7-13(24-3)12(17)10-11;1-10-7-3-2-5(9)4-6(7)8;4-1-7-2(5)9-3(6)8-1;/h6-7,10H,4-5,8-9H2,1-3H3,(H3,18,19,20,21,22,23);2-4H,9H2,1H3;;1H4. The summed E-state index contributed by atoms with van der Waals surface area (Å²) in [6.07, 6.45) is 1.91. The summed E-state index contributed by atoms with van der Waals surface area (Å²) < 4.78 is 36.0. The Hall–Kier alpha value is -4.01. The van der Waals surface area contributed by atoms with Crippen LogP contribution < -0.4 is 31.2 Å².